The number of ether oxygens (including phenoxy) is 6. The van der Waals surface area contributed by atoms with E-state index in [2.05, 4.69) is 34.6 Å². The van der Waals surface area contributed by atoms with Crippen molar-refractivity contribution in [2.75, 3.05) is 52.9 Å². The lowest BCUT2D eigenvalue weighted by Crippen LogP contribution is -2.06. The standard InChI is InChI=1S/C8H18.2C6H10O3.C4H10/c1-4-6-7-8(3)5-2;2*1(5-3-8-5)7-2-6-4-9-6;1-3-4-2/h8H,4-7H2,1-3H3;2*5-6H,1-4H2;3-4H2,1-2H3. The second-order valence-corrected chi connectivity index (χ2v) is 8.55. The first-order valence-corrected chi connectivity index (χ1v) is 12.2. The summed E-state index contributed by atoms with van der Waals surface area (Å²) in [6.07, 6.45) is 9.74. The summed E-state index contributed by atoms with van der Waals surface area (Å²) < 4.78 is 30.2. The highest BCUT2D eigenvalue weighted by molar-refractivity contribution is 4.71. The van der Waals surface area contributed by atoms with Crippen LogP contribution in [0.2, 0.25) is 0 Å². The maximum absolute atomic E-state index is 5.23. The molecule has 0 aromatic heterocycles. The minimum atomic E-state index is 0.392. The van der Waals surface area contributed by atoms with Crippen molar-refractivity contribution in [3.63, 3.8) is 0 Å². The number of hydrogen-bond acceptors (Lipinski definition) is 6. The monoisotopic (exact) mass is 432 g/mol. The Labute approximate surface area is 185 Å². The van der Waals surface area contributed by atoms with E-state index < -0.39 is 0 Å². The summed E-state index contributed by atoms with van der Waals surface area (Å²) in [6, 6.07) is 0. The van der Waals surface area contributed by atoms with E-state index >= 15 is 0 Å². The molecule has 4 aliphatic rings. The Morgan fingerprint density at radius 3 is 1.17 bits per heavy atom. The average molecular weight is 433 g/mol. The molecule has 0 amide bonds. The molecule has 4 saturated heterocycles. The highest BCUT2D eigenvalue weighted by Gasteiger charge is 2.27. The maximum atomic E-state index is 5.23. The first kappa shape index (κ1) is 27.8. The molecule has 180 valence electrons. The van der Waals surface area contributed by atoms with Crippen LogP contribution in [-0.4, -0.2) is 77.3 Å². The van der Waals surface area contributed by atoms with Crippen LogP contribution in [0.15, 0.2) is 0 Å². The largest absolute Gasteiger partial charge is 0.376 e. The van der Waals surface area contributed by atoms with Crippen LogP contribution in [0, 0.1) is 5.92 Å². The molecule has 6 nitrogen and oxygen atoms in total. The molecule has 0 radical (unpaired) electrons. The van der Waals surface area contributed by atoms with Crippen molar-refractivity contribution in [1.82, 2.24) is 0 Å². The van der Waals surface area contributed by atoms with Gasteiger partial charge in [0.05, 0.1) is 52.9 Å². The lowest BCUT2D eigenvalue weighted by molar-refractivity contribution is 0.102. The molecule has 0 spiro atoms. The molecule has 5 unspecified atom stereocenters. The zero-order chi connectivity index (χ0) is 22.0. The van der Waals surface area contributed by atoms with E-state index in [9.17, 15) is 0 Å². The lowest BCUT2D eigenvalue weighted by Gasteiger charge is -2.04. The Hall–Kier alpha value is -0.240. The van der Waals surface area contributed by atoms with Crippen molar-refractivity contribution in [2.45, 2.75) is 97.6 Å². The van der Waals surface area contributed by atoms with Gasteiger partial charge in [0.15, 0.2) is 0 Å². The molecule has 30 heavy (non-hydrogen) atoms. The molecular formula is C24H48O6. The van der Waals surface area contributed by atoms with Crippen molar-refractivity contribution in [1.29, 1.82) is 0 Å². The third-order valence-corrected chi connectivity index (χ3v) is 5.07. The summed E-state index contributed by atoms with van der Waals surface area (Å²) in [5.74, 6) is 0.954. The van der Waals surface area contributed by atoms with Crippen molar-refractivity contribution in [3.8, 4) is 0 Å². The SMILES string of the molecule is C(OCC1CO1)C1CO1.C(OCC1CO1)C1CO1.CCCC.CCCCC(C)CC. The summed E-state index contributed by atoms with van der Waals surface area (Å²) in [5.41, 5.74) is 0. The quantitative estimate of drug-likeness (QED) is 0.395. The summed E-state index contributed by atoms with van der Waals surface area (Å²) in [5, 5.41) is 0. The molecule has 5 atom stereocenters. The van der Waals surface area contributed by atoms with E-state index in [1.807, 2.05) is 0 Å². The molecule has 0 aliphatic carbocycles. The van der Waals surface area contributed by atoms with Crippen molar-refractivity contribution in [2.24, 2.45) is 5.92 Å². The molecule has 0 saturated carbocycles. The number of epoxide rings is 4. The van der Waals surface area contributed by atoms with Crippen molar-refractivity contribution in [3.05, 3.63) is 0 Å². The fourth-order valence-electron chi connectivity index (χ4n) is 2.08. The van der Waals surface area contributed by atoms with Gasteiger partial charge in [-0.2, -0.15) is 0 Å². The number of rotatable bonds is 13. The topological polar surface area (TPSA) is 68.6 Å². The van der Waals surface area contributed by atoms with Gasteiger partial charge in [-0.1, -0.05) is 73.1 Å². The Morgan fingerprint density at radius 2 is 0.967 bits per heavy atom. The molecule has 0 aromatic carbocycles. The second-order valence-electron chi connectivity index (χ2n) is 8.55. The average Bonchev–Trinajstić information content (AvgIpc) is 3.61. The zero-order valence-electron chi connectivity index (χ0n) is 20.2. The van der Waals surface area contributed by atoms with E-state index in [1.165, 1.54) is 38.5 Å². The molecule has 4 rings (SSSR count). The van der Waals surface area contributed by atoms with Crippen LogP contribution >= 0.6 is 0 Å². The van der Waals surface area contributed by atoms with Gasteiger partial charge in [-0.25, -0.2) is 0 Å². The second kappa shape index (κ2) is 18.3. The van der Waals surface area contributed by atoms with Gasteiger partial charge in [-0.3, -0.25) is 0 Å². The zero-order valence-corrected chi connectivity index (χ0v) is 20.2. The lowest BCUT2D eigenvalue weighted by atomic mass is 10.0. The van der Waals surface area contributed by atoms with E-state index in [-0.39, 0.29) is 0 Å². The van der Waals surface area contributed by atoms with Crippen molar-refractivity contribution >= 4 is 0 Å². The van der Waals surface area contributed by atoms with E-state index in [0.29, 0.717) is 24.4 Å². The van der Waals surface area contributed by atoms with Crippen LogP contribution in [0.1, 0.15) is 73.1 Å². The molecule has 0 aromatic rings. The fraction of sp³-hybridized carbons (Fsp3) is 1.00. The van der Waals surface area contributed by atoms with Gasteiger partial charge in [-0.05, 0) is 5.92 Å². The third-order valence-electron chi connectivity index (χ3n) is 5.07. The minimum Gasteiger partial charge on any atom is -0.376 e. The summed E-state index contributed by atoms with van der Waals surface area (Å²) in [7, 11) is 0. The summed E-state index contributed by atoms with van der Waals surface area (Å²) in [6.45, 7) is 17.7. The van der Waals surface area contributed by atoms with Gasteiger partial charge in [0.1, 0.15) is 24.4 Å². The van der Waals surface area contributed by atoms with Gasteiger partial charge >= 0.3 is 0 Å². The minimum absolute atomic E-state index is 0.392. The van der Waals surface area contributed by atoms with Gasteiger partial charge in [-0.15, -0.1) is 0 Å². The molecule has 0 bridgehead atoms. The fourth-order valence-corrected chi connectivity index (χ4v) is 2.08. The smallest absolute Gasteiger partial charge is 0.104 e. The van der Waals surface area contributed by atoms with Crippen LogP contribution in [0.25, 0.3) is 0 Å². The van der Waals surface area contributed by atoms with Gasteiger partial charge in [0, 0.05) is 0 Å². The highest BCUT2D eigenvalue weighted by Crippen LogP contribution is 2.13. The van der Waals surface area contributed by atoms with Crippen LogP contribution in [0.5, 0.6) is 0 Å². The van der Waals surface area contributed by atoms with E-state index in [4.69, 9.17) is 28.4 Å². The van der Waals surface area contributed by atoms with Gasteiger partial charge in [0.25, 0.3) is 0 Å². The first-order valence-electron chi connectivity index (χ1n) is 12.2. The van der Waals surface area contributed by atoms with E-state index in [1.54, 1.807) is 0 Å². The summed E-state index contributed by atoms with van der Waals surface area (Å²) in [4.78, 5) is 0. The first-order chi connectivity index (χ1) is 14.6. The molecule has 4 fully saturated rings. The predicted molar refractivity (Wildman–Crippen MR) is 120 cm³/mol. The Morgan fingerprint density at radius 1 is 0.633 bits per heavy atom. The Balaban J connectivity index is 0.000000208. The Bertz CT molecular complexity index is 313. The van der Waals surface area contributed by atoms with Crippen LogP contribution in [0.3, 0.4) is 0 Å². The molecule has 6 heteroatoms. The van der Waals surface area contributed by atoms with Crippen LogP contribution in [0.4, 0.5) is 0 Å². The third kappa shape index (κ3) is 21.0. The van der Waals surface area contributed by atoms with E-state index in [0.717, 1.165) is 58.8 Å². The number of hydrogen-bond donors (Lipinski definition) is 0. The maximum Gasteiger partial charge on any atom is 0.104 e. The van der Waals surface area contributed by atoms with Crippen molar-refractivity contribution < 1.29 is 28.4 Å². The van der Waals surface area contributed by atoms with Crippen LogP contribution < -0.4 is 0 Å². The molecule has 0 N–H and O–H groups in total. The van der Waals surface area contributed by atoms with Gasteiger partial charge < -0.3 is 28.4 Å². The van der Waals surface area contributed by atoms with Crippen LogP contribution in [-0.2, 0) is 28.4 Å². The molecule has 4 heterocycles. The molecule has 4 aliphatic heterocycles. The van der Waals surface area contributed by atoms with Gasteiger partial charge in [0.2, 0.25) is 0 Å². The predicted octanol–water partition coefficient (Wildman–Crippen LogP) is 4.63. The molecular weight excluding hydrogens is 384 g/mol. The highest BCUT2D eigenvalue weighted by atomic mass is 16.6. The number of unbranched alkanes of at least 4 members (excludes halogenated alkanes) is 2. The summed E-state index contributed by atoms with van der Waals surface area (Å²) >= 11 is 0. The Kier molecular flexibility index (Phi) is 17.0. The normalized spacial score (nSPS) is 27.9.